The molecule has 0 amide bonds. The van der Waals surface area contributed by atoms with E-state index in [0.717, 1.165) is 25.2 Å². The summed E-state index contributed by atoms with van der Waals surface area (Å²) in [6.07, 6.45) is 3.93. The first-order valence-electron chi connectivity index (χ1n) is 6.30. The average molecular weight is 212 g/mol. The quantitative estimate of drug-likeness (QED) is 0.758. The van der Waals surface area contributed by atoms with Crippen LogP contribution in [0.3, 0.4) is 0 Å². The topological polar surface area (TPSA) is 24.5 Å². The van der Waals surface area contributed by atoms with Crippen molar-refractivity contribution in [1.29, 1.82) is 0 Å². The molecule has 3 heteroatoms. The zero-order valence-electron chi connectivity index (χ0n) is 10.0. The lowest BCUT2D eigenvalue weighted by atomic mass is 9.90. The first-order chi connectivity index (χ1) is 7.31. The predicted molar refractivity (Wildman–Crippen MR) is 62.0 cm³/mol. The van der Waals surface area contributed by atoms with Crippen molar-refractivity contribution in [2.24, 2.45) is 5.92 Å². The third kappa shape index (κ3) is 2.71. The van der Waals surface area contributed by atoms with Crippen LogP contribution in [0.4, 0.5) is 0 Å². The summed E-state index contributed by atoms with van der Waals surface area (Å²) >= 11 is 0. The Kier molecular flexibility index (Phi) is 4.00. The second-order valence-electron chi connectivity index (χ2n) is 4.97. The van der Waals surface area contributed by atoms with Crippen LogP contribution in [0.1, 0.15) is 26.2 Å². The van der Waals surface area contributed by atoms with Crippen LogP contribution >= 0.6 is 0 Å². The van der Waals surface area contributed by atoms with Gasteiger partial charge < -0.3 is 10.1 Å². The molecule has 0 aromatic rings. The van der Waals surface area contributed by atoms with E-state index in [1.165, 1.54) is 32.4 Å². The molecule has 1 N–H and O–H groups in total. The molecule has 3 nitrogen and oxygen atoms in total. The van der Waals surface area contributed by atoms with E-state index in [2.05, 4.69) is 24.2 Å². The lowest BCUT2D eigenvalue weighted by Gasteiger charge is -2.37. The van der Waals surface area contributed by atoms with Gasteiger partial charge in [-0.1, -0.05) is 0 Å². The summed E-state index contributed by atoms with van der Waals surface area (Å²) in [6, 6.07) is 1.39. The number of ether oxygens (including phenoxy) is 1. The number of nitrogens with one attached hydrogen (secondary N) is 1. The summed E-state index contributed by atoms with van der Waals surface area (Å²) in [5, 5.41) is 3.38. The maximum absolute atomic E-state index is 5.45. The van der Waals surface area contributed by atoms with Crippen molar-refractivity contribution < 1.29 is 4.74 Å². The van der Waals surface area contributed by atoms with E-state index in [9.17, 15) is 0 Å². The summed E-state index contributed by atoms with van der Waals surface area (Å²) in [6.45, 7) is 6.78. The number of likely N-dealkylation sites (tertiary alicyclic amines) is 1. The molecule has 0 saturated carbocycles. The summed E-state index contributed by atoms with van der Waals surface area (Å²) in [7, 11) is 2.07. The highest BCUT2D eigenvalue weighted by Crippen LogP contribution is 2.24. The molecule has 2 aliphatic heterocycles. The molecule has 2 saturated heterocycles. The molecule has 2 fully saturated rings. The summed E-state index contributed by atoms with van der Waals surface area (Å²) in [5.74, 6) is 0.869. The van der Waals surface area contributed by atoms with Gasteiger partial charge in [0, 0.05) is 18.7 Å². The fourth-order valence-electron chi connectivity index (χ4n) is 2.83. The second kappa shape index (κ2) is 5.28. The third-order valence-corrected chi connectivity index (χ3v) is 4.16. The van der Waals surface area contributed by atoms with Crippen molar-refractivity contribution >= 4 is 0 Å². The average Bonchev–Trinajstić information content (AvgIpc) is 2.82. The highest BCUT2D eigenvalue weighted by atomic mass is 16.5. The molecule has 0 radical (unpaired) electrons. The molecule has 2 heterocycles. The molecule has 2 atom stereocenters. The van der Waals surface area contributed by atoms with Crippen LogP contribution in [0.5, 0.6) is 0 Å². The van der Waals surface area contributed by atoms with E-state index in [0.29, 0.717) is 6.04 Å². The highest BCUT2D eigenvalue weighted by molar-refractivity contribution is 4.83. The second-order valence-corrected chi connectivity index (χ2v) is 4.97. The van der Waals surface area contributed by atoms with E-state index in [1.54, 1.807) is 0 Å². The largest absolute Gasteiger partial charge is 0.380 e. The van der Waals surface area contributed by atoms with Gasteiger partial charge in [0.15, 0.2) is 0 Å². The van der Waals surface area contributed by atoms with E-state index in [-0.39, 0.29) is 0 Å². The molecular formula is C12H24N2O. The Bertz CT molecular complexity index is 184. The van der Waals surface area contributed by atoms with Gasteiger partial charge in [-0.3, -0.25) is 4.90 Å². The fourth-order valence-corrected chi connectivity index (χ4v) is 2.83. The van der Waals surface area contributed by atoms with E-state index < -0.39 is 0 Å². The van der Waals surface area contributed by atoms with Gasteiger partial charge in [0.05, 0.1) is 6.61 Å². The minimum Gasteiger partial charge on any atom is -0.380 e. The van der Waals surface area contributed by atoms with Gasteiger partial charge in [-0.2, -0.15) is 0 Å². The molecule has 88 valence electrons. The summed E-state index contributed by atoms with van der Waals surface area (Å²) in [4.78, 5) is 2.63. The van der Waals surface area contributed by atoms with E-state index in [4.69, 9.17) is 4.74 Å². The van der Waals surface area contributed by atoms with Gasteiger partial charge in [-0.25, -0.2) is 0 Å². The van der Waals surface area contributed by atoms with Crippen molar-refractivity contribution in [2.75, 3.05) is 33.4 Å². The smallest absolute Gasteiger partial charge is 0.0622 e. The third-order valence-electron chi connectivity index (χ3n) is 4.16. The van der Waals surface area contributed by atoms with Crippen LogP contribution in [-0.2, 0) is 4.74 Å². The normalized spacial score (nSPS) is 32.0. The van der Waals surface area contributed by atoms with Gasteiger partial charge in [0.25, 0.3) is 0 Å². The van der Waals surface area contributed by atoms with Crippen LogP contribution < -0.4 is 5.32 Å². The van der Waals surface area contributed by atoms with Gasteiger partial charge in [0.1, 0.15) is 0 Å². The minimum atomic E-state index is 0.673. The Morgan fingerprint density at radius 3 is 2.53 bits per heavy atom. The number of hydrogen-bond donors (Lipinski definition) is 1. The van der Waals surface area contributed by atoms with Crippen molar-refractivity contribution in [3.05, 3.63) is 0 Å². The first kappa shape index (κ1) is 11.4. The maximum atomic E-state index is 5.45. The maximum Gasteiger partial charge on any atom is 0.0622 e. The van der Waals surface area contributed by atoms with Gasteiger partial charge in [-0.05, 0) is 52.2 Å². The molecule has 0 spiro atoms. The Hall–Kier alpha value is -0.120. The van der Waals surface area contributed by atoms with Crippen LogP contribution in [0.2, 0.25) is 0 Å². The first-order valence-corrected chi connectivity index (χ1v) is 6.30. The van der Waals surface area contributed by atoms with Crippen LogP contribution in [-0.4, -0.2) is 50.3 Å². The Morgan fingerprint density at radius 1 is 1.27 bits per heavy atom. The molecular weight excluding hydrogens is 188 g/mol. The van der Waals surface area contributed by atoms with Gasteiger partial charge in [0.2, 0.25) is 0 Å². The zero-order valence-corrected chi connectivity index (χ0v) is 10.0. The molecule has 2 unspecified atom stereocenters. The molecule has 0 aromatic carbocycles. The van der Waals surface area contributed by atoms with Gasteiger partial charge >= 0.3 is 0 Å². The zero-order chi connectivity index (χ0) is 10.7. The number of hydrogen-bond acceptors (Lipinski definition) is 3. The molecule has 15 heavy (non-hydrogen) atoms. The fraction of sp³-hybridized carbons (Fsp3) is 1.00. The van der Waals surface area contributed by atoms with Crippen LogP contribution in [0, 0.1) is 5.92 Å². The Labute approximate surface area is 93.2 Å². The lowest BCUT2D eigenvalue weighted by molar-refractivity contribution is 0.102. The Morgan fingerprint density at radius 2 is 2.00 bits per heavy atom. The molecule has 0 bridgehead atoms. The van der Waals surface area contributed by atoms with E-state index in [1.807, 2.05) is 0 Å². The Balaban J connectivity index is 1.76. The minimum absolute atomic E-state index is 0.673. The highest BCUT2D eigenvalue weighted by Gasteiger charge is 2.29. The van der Waals surface area contributed by atoms with Crippen molar-refractivity contribution in [3.8, 4) is 0 Å². The number of rotatable bonds is 3. The van der Waals surface area contributed by atoms with Crippen LogP contribution in [0.25, 0.3) is 0 Å². The summed E-state index contributed by atoms with van der Waals surface area (Å²) in [5.41, 5.74) is 0. The van der Waals surface area contributed by atoms with Crippen molar-refractivity contribution in [2.45, 2.75) is 38.3 Å². The standard InChI is InChI=1S/C12H24N2O/c1-10(13-2)11-3-6-14(7-4-11)12-5-8-15-9-12/h10-13H,3-9H2,1-2H3. The van der Waals surface area contributed by atoms with Crippen LogP contribution in [0.15, 0.2) is 0 Å². The summed E-state index contributed by atoms with van der Waals surface area (Å²) < 4.78 is 5.45. The molecule has 0 aromatic heterocycles. The number of nitrogens with zero attached hydrogens (tertiary/aromatic N) is 1. The molecule has 2 aliphatic rings. The van der Waals surface area contributed by atoms with Gasteiger partial charge in [-0.15, -0.1) is 0 Å². The number of piperidine rings is 1. The van der Waals surface area contributed by atoms with E-state index >= 15 is 0 Å². The monoisotopic (exact) mass is 212 g/mol. The SMILES string of the molecule is CNC(C)C1CCN(C2CCOC2)CC1. The predicted octanol–water partition coefficient (Wildman–Crippen LogP) is 1.10. The lowest BCUT2D eigenvalue weighted by Crippen LogP contribution is -2.45. The molecule has 0 aliphatic carbocycles. The van der Waals surface area contributed by atoms with Crippen molar-refractivity contribution in [1.82, 2.24) is 10.2 Å². The molecule has 2 rings (SSSR count). The van der Waals surface area contributed by atoms with Crippen molar-refractivity contribution in [3.63, 3.8) is 0 Å².